The summed E-state index contributed by atoms with van der Waals surface area (Å²) in [4.78, 5) is 30.7. The van der Waals surface area contributed by atoms with Crippen LogP contribution in [0.15, 0.2) is 64.8 Å². The summed E-state index contributed by atoms with van der Waals surface area (Å²) in [6, 6.07) is 17.5. The maximum atomic E-state index is 13.5. The van der Waals surface area contributed by atoms with Crippen LogP contribution in [0.5, 0.6) is 0 Å². The van der Waals surface area contributed by atoms with Crippen molar-refractivity contribution in [2.24, 2.45) is 5.73 Å². The van der Waals surface area contributed by atoms with Crippen molar-refractivity contribution in [2.75, 3.05) is 0 Å². The Morgan fingerprint density at radius 3 is 2.17 bits per heavy atom. The molecule has 0 saturated carbocycles. The van der Waals surface area contributed by atoms with Gasteiger partial charge >= 0.3 is 0 Å². The molecule has 2 aromatic heterocycles. The van der Waals surface area contributed by atoms with E-state index < -0.39 is 11.9 Å². The Morgan fingerprint density at radius 2 is 1.57 bits per heavy atom. The molecule has 0 spiro atoms. The van der Waals surface area contributed by atoms with Crippen LogP contribution in [-0.4, -0.2) is 15.5 Å². The van der Waals surface area contributed by atoms with E-state index in [1.807, 2.05) is 49.6 Å². The molecule has 2 N–H and O–H groups in total. The predicted octanol–water partition coefficient (Wildman–Crippen LogP) is 4.96. The smallest absolute Gasteiger partial charge is 0.263 e. The largest absolute Gasteiger partial charge is 0.368 e. The summed E-state index contributed by atoms with van der Waals surface area (Å²) in [5.41, 5.74) is 9.31. The average Bonchev–Trinajstić information content (AvgIpc) is 3.18. The van der Waals surface area contributed by atoms with Crippen molar-refractivity contribution < 1.29 is 4.79 Å². The number of benzene rings is 2. The summed E-state index contributed by atoms with van der Waals surface area (Å²) in [6.45, 7) is 5.55. The quantitative estimate of drug-likeness (QED) is 0.498. The maximum absolute atomic E-state index is 13.5. The Bertz CT molecular complexity index is 1270. The number of primary amides is 1. The molecule has 4 rings (SSSR count). The van der Waals surface area contributed by atoms with Crippen LogP contribution in [0, 0.1) is 0 Å². The zero-order chi connectivity index (χ0) is 21.4. The minimum Gasteiger partial charge on any atom is -0.368 e. The lowest BCUT2D eigenvalue weighted by molar-refractivity contribution is -0.120. The summed E-state index contributed by atoms with van der Waals surface area (Å²) < 4.78 is 1.45. The molecule has 4 aromatic rings. The molecule has 152 valence electrons. The summed E-state index contributed by atoms with van der Waals surface area (Å²) >= 11 is 1.44. The van der Waals surface area contributed by atoms with Crippen LogP contribution in [0.4, 0.5) is 0 Å². The summed E-state index contributed by atoms with van der Waals surface area (Å²) in [5.74, 6) is 0.00961. The maximum Gasteiger partial charge on any atom is 0.263 e. The highest BCUT2D eigenvalue weighted by Gasteiger charge is 2.23. The zero-order valence-corrected chi connectivity index (χ0v) is 17.9. The second kappa shape index (κ2) is 7.88. The van der Waals surface area contributed by atoms with E-state index in [2.05, 4.69) is 24.3 Å². The number of hydrogen-bond acceptors (Lipinski definition) is 4. The summed E-state index contributed by atoms with van der Waals surface area (Å²) in [5, 5.41) is 2.49. The summed E-state index contributed by atoms with van der Waals surface area (Å²) in [7, 11) is 0. The van der Waals surface area contributed by atoms with Crippen molar-refractivity contribution in [3.8, 4) is 22.3 Å². The molecule has 0 aliphatic carbocycles. The molecule has 0 aliphatic rings. The van der Waals surface area contributed by atoms with Crippen molar-refractivity contribution in [2.45, 2.75) is 32.7 Å². The molecule has 30 heavy (non-hydrogen) atoms. The minimum atomic E-state index is -0.764. The van der Waals surface area contributed by atoms with E-state index in [-0.39, 0.29) is 11.5 Å². The van der Waals surface area contributed by atoms with Gasteiger partial charge in [0.25, 0.3) is 5.56 Å². The summed E-state index contributed by atoms with van der Waals surface area (Å²) in [6.07, 6.45) is 0. The van der Waals surface area contributed by atoms with E-state index in [1.54, 1.807) is 6.92 Å². The number of nitrogens with zero attached hydrogens (tertiary/aromatic N) is 2. The first-order chi connectivity index (χ1) is 14.4. The van der Waals surface area contributed by atoms with Crippen molar-refractivity contribution in [1.82, 2.24) is 9.55 Å². The van der Waals surface area contributed by atoms with E-state index in [4.69, 9.17) is 10.7 Å². The van der Waals surface area contributed by atoms with Gasteiger partial charge in [-0.25, -0.2) is 4.98 Å². The van der Waals surface area contributed by atoms with Gasteiger partial charge in [0, 0.05) is 16.9 Å². The van der Waals surface area contributed by atoms with Gasteiger partial charge < -0.3 is 5.73 Å². The highest BCUT2D eigenvalue weighted by molar-refractivity contribution is 7.17. The highest BCUT2D eigenvalue weighted by atomic mass is 32.1. The second-order valence-electron chi connectivity index (χ2n) is 7.65. The Balaban J connectivity index is 1.88. The van der Waals surface area contributed by atoms with Crippen LogP contribution in [0.1, 0.15) is 38.6 Å². The van der Waals surface area contributed by atoms with Crippen LogP contribution < -0.4 is 11.3 Å². The molecule has 6 heteroatoms. The number of carbonyl (C=O) groups is 1. The average molecular weight is 418 g/mol. The Labute approximate surface area is 178 Å². The normalized spacial score (nSPS) is 12.4. The molecular formula is C24H23N3O2S. The lowest BCUT2D eigenvalue weighted by atomic mass is 10.0. The number of hydrogen-bond donors (Lipinski definition) is 1. The Morgan fingerprint density at radius 1 is 0.967 bits per heavy atom. The fraction of sp³-hybridized carbons (Fsp3) is 0.208. The van der Waals surface area contributed by atoms with Crippen LogP contribution in [-0.2, 0) is 4.79 Å². The fourth-order valence-electron chi connectivity index (χ4n) is 3.61. The van der Waals surface area contributed by atoms with Gasteiger partial charge in [0.1, 0.15) is 16.7 Å². The van der Waals surface area contributed by atoms with Gasteiger partial charge in [-0.15, -0.1) is 11.3 Å². The van der Waals surface area contributed by atoms with E-state index in [0.717, 1.165) is 22.3 Å². The van der Waals surface area contributed by atoms with Crippen LogP contribution in [0.2, 0.25) is 0 Å². The van der Waals surface area contributed by atoms with Crippen LogP contribution >= 0.6 is 11.3 Å². The predicted molar refractivity (Wildman–Crippen MR) is 123 cm³/mol. The van der Waals surface area contributed by atoms with Crippen LogP contribution in [0.25, 0.3) is 32.5 Å². The van der Waals surface area contributed by atoms with E-state index in [0.29, 0.717) is 16.0 Å². The molecule has 0 fully saturated rings. The molecule has 5 nitrogen and oxygen atoms in total. The monoisotopic (exact) mass is 417 g/mol. The van der Waals surface area contributed by atoms with Gasteiger partial charge in [0.05, 0.1) is 5.39 Å². The molecule has 2 aromatic carbocycles. The molecule has 0 radical (unpaired) electrons. The number of fused-ring (bicyclic) bond motifs is 1. The Hall–Kier alpha value is -3.25. The van der Waals surface area contributed by atoms with Crippen molar-refractivity contribution in [3.05, 3.63) is 76.2 Å². The molecule has 0 bridgehead atoms. The first-order valence-corrected chi connectivity index (χ1v) is 10.7. The third-order valence-corrected chi connectivity index (χ3v) is 6.16. The lowest BCUT2D eigenvalue weighted by Gasteiger charge is -2.19. The van der Waals surface area contributed by atoms with E-state index >= 15 is 0 Å². The SMILES string of the molecule is CC(C)c1nc2scc(-c3ccc(-c4ccccc4)cc3)c2c(=O)n1C(C)C(N)=O. The van der Waals surface area contributed by atoms with Gasteiger partial charge in [-0.2, -0.15) is 0 Å². The van der Waals surface area contributed by atoms with E-state index in [1.165, 1.54) is 15.9 Å². The first kappa shape index (κ1) is 20.0. The molecule has 1 amide bonds. The van der Waals surface area contributed by atoms with Gasteiger partial charge in [0.2, 0.25) is 5.91 Å². The topological polar surface area (TPSA) is 78.0 Å². The third-order valence-electron chi connectivity index (χ3n) is 5.29. The third kappa shape index (κ3) is 3.44. The number of aromatic nitrogens is 2. The van der Waals surface area contributed by atoms with Crippen molar-refractivity contribution in [3.63, 3.8) is 0 Å². The van der Waals surface area contributed by atoms with Gasteiger partial charge in [-0.1, -0.05) is 68.4 Å². The van der Waals surface area contributed by atoms with E-state index in [9.17, 15) is 9.59 Å². The molecule has 0 saturated heterocycles. The number of carbonyl (C=O) groups excluding carboxylic acids is 1. The second-order valence-corrected chi connectivity index (χ2v) is 8.51. The fourth-order valence-corrected chi connectivity index (χ4v) is 4.56. The molecular weight excluding hydrogens is 394 g/mol. The minimum absolute atomic E-state index is 0.0143. The highest BCUT2D eigenvalue weighted by Crippen LogP contribution is 2.33. The number of rotatable bonds is 5. The number of thiophene rings is 1. The van der Waals surface area contributed by atoms with Gasteiger partial charge in [-0.05, 0) is 23.6 Å². The number of amides is 1. The van der Waals surface area contributed by atoms with Gasteiger partial charge in [-0.3, -0.25) is 14.2 Å². The van der Waals surface area contributed by atoms with Crippen LogP contribution in [0.3, 0.4) is 0 Å². The van der Waals surface area contributed by atoms with Crippen molar-refractivity contribution >= 4 is 27.5 Å². The standard InChI is InChI=1S/C24H23N3O2S/c1-14(2)22-26-23-20(24(29)27(22)15(3)21(25)28)19(13-30-23)18-11-9-17(10-12-18)16-7-5-4-6-8-16/h4-15H,1-3H3,(H2,25,28). The molecule has 1 unspecified atom stereocenters. The molecule has 1 atom stereocenters. The van der Waals surface area contributed by atoms with Crippen molar-refractivity contribution in [1.29, 1.82) is 0 Å². The number of nitrogens with two attached hydrogens (primary N) is 1. The first-order valence-electron chi connectivity index (χ1n) is 9.87. The Kier molecular flexibility index (Phi) is 5.26. The molecule has 0 aliphatic heterocycles. The van der Waals surface area contributed by atoms with Gasteiger partial charge in [0.15, 0.2) is 0 Å². The zero-order valence-electron chi connectivity index (χ0n) is 17.1. The molecule has 2 heterocycles. The lowest BCUT2D eigenvalue weighted by Crippen LogP contribution is -2.35.